The van der Waals surface area contributed by atoms with Gasteiger partial charge in [0.25, 0.3) is 0 Å². The summed E-state index contributed by atoms with van der Waals surface area (Å²) in [5.41, 5.74) is 0.130. The summed E-state index contributed by atoms with van der Waals surface area (Å²) < 4.78 is 37.6. The van der Waals surface area contributed by atoms with E-state index in [1.54, 1.807) is 7.05 Å². The molecule has 0 saturated heterocycles. The molecular formula is C17H28F3IN4. The van der Waals surface area contributed by atoms with Gasteiger partial charge in [0.1, 0.15) is 0 Å². The van der Waals surface area contributed by atoms with Crippen molar-refractivity contribution in [3.63, 3.8) is 0 Å². The van der Waals surface area contributed by atoms with Gasteiger partial charge in [0.15, 0.2) is 5.96 Å². The molecule has 25 heavy (non-hydrogen) atoms. The zero-order valence-electron chi connectivity index (χ0n) is 15.2. The standard InChI is InChI=1S/C17H27F3N4.HI/c1-5-24(13(2)3)11-10-22-16(21-4)23-12-14-6-8-15(9-7-14)17(18,19)20;/h6-9,13H,5,10-12H2,1-4H3,(H2,21,22,23);1H. The lowest BCUT2D eigenvalue weighted by atomic mass is 10.1. The van der Waals surface area contributed by atoms with Crippen LogP contribution in [0, 0.1) is 0 Å². The minimum atomic E-state index is -4.30. The molecule has 0 fully saturated rings. The molecule has 0 aliphatic rings. The van der Waals surface area contributed by atoms with Crippen LogP contribution in [0.1, 0.15) is 31.9 Å². The molecule has 4 nitrogen and oxygen atoms in total. The fourth-order valence-corrected chi connectivity index (χ4v) is 2.32. The maximum absolute atomic E-state index is 12.5. The van der Waals surface area contributed by atoms with Crippen molar-refractivity contribution in [2.45, 2.75) is 39.5 Å². The highest BCUT2D eigenvalue weighted by Crippen LogP contribution is 2.28. The Bertz CT molecular complexity index is 516. The zero-order chi connectivity index (χ0) is 18.2. The van der Waals surface area contributed by atoms with Gasteiger partial charge in [0, 0.05) is 32.7 Å². The van der Waals surface area contributed by atoms with Gasteiger partial charge >= 0.3 is 6.18 Å². The molecule has 1 aromatic rings. The van der Waals surface area contributed by atoms with Gasteiger partial charge in [-0.05, 0) is 38.1 Å². The van der Waals surface area contributed by atoms with Crippen LogP contribution in [0.3, 0.4) is 0 Å². The first-order valence-corrected chi connectivity index (χ1v) is 8.12. The molecule has 8 heteroatoms. The van der Waals surface area contributed by atoms with E-state index in [-0.39, 0.29) is 24.0 Å². The summed E-state index contributed by atoms with van der Waals surface area (Å²) in [5, 5.41) is 6.32. The molecule has 0 amide bonds. The van der Waals surface area contributed by atoms with Gasteiger partial charge in [-0.15, -0.1) is 24.0 Å². The van der Waals surface area contributed by atoms with Crippen molar-refractivity contribution in [1.82, 2.24) is 15.5 Å². The summed E-state index contributed by atoms with van der Waals surface area (Å²) in [5.74, 6) is 0.634. The Morgan fingerprint density at radius 3 is 2.20 bits per heavy atom. The minimum Gasteiger partial charge on any atom is -0.355 e. The Labute approximate surface area is 165 Å². The minimum absolute atomic E-state index is 0. The normalized spacial score (nSPS) is 12.3. The Morgan fingerprint density at radius 2 is 1.76 bits per heavy atom. The van der Waals surface area contributed by atoms with E-state index < -0.39 is 11.7 Å². The topological polar surface area (TPSA) is 39.7 Å². The van der Waals surface area contributed by atoms with Gasteiger partial charge in [-0.2, -0.15) is 13.2 Å². The smallest absolute Gasteiger partial charge is 0.355 e. The second-order valence-electron chi connectivity index (χ2n) is 5.77. The van der Waals surface area contributed by atoms with Crippen molar-refractivity contribution >= 4 is 29.9 Å². The summed E-state index contributed by atoms with van der Waals surface area (Å²) in [6.45, 7) is 9.48. The molecular weight excluding hydrogens is 444 g/mol. The number of likely N-dealkylation sites (N-methyl/N-ethyl adjacent to an activating group) is 1. The van der Waals surface area contributed by atoms with Gasteiger partial charge < -0.3 is 10.6 Å². The van der Waals surface area contributed by atoms with Crippen molar-refractivity contribution in [3.05, 3.63) is 35.4 Å². The molecule has 0 aliphatic carbocycles. The molecule has 0 heterocycles. The van der Waals surface area contributed by atoms with Crippen molar-refractivity contribution in [2.24, 2.45) is 4.99 Å². The quantitative estimate of drug-likeness (QED) is 0.361. The highest BCUT2D eigenvalue weighted by atomic mass is 127. The fraction of sp³-hybridized carbons (Fsp3) is 0.588. The van der Waals surface area contributed by atoms with Crippen molar-refractivity contribution in [3.8, 4) is 0 Å². The van der Waals surface area contributed by atoms with Crippen LogP contribution in [0.15, 0.2) is 29.3 Å². The fourth-order valence-electron chi connectivity index (χ4n) is 2.32. The van der Waals surface area contributed by atoms with Gasteiger partial charge in [0.2, 0.25) is 0 Å². The van der Waals surface area contributed by atoms with Crippen LogP contribution < -0.4 is 10.6 Å². The van der Waals surface area contributed by atoms with Crippen molar-refractivity contribution in [1.29, 1.82) is 0 Å². The van der Waals surface area contributed by atoms with Crippen LogP contribution in [0.4, 0.5) is 13.2 Å². The molecule has 0 spiro atoms. The van der Waals surface area contributed by atoms with Crippen LogP contribution >= 0.6 is 24.0 Å². The predicted octanol–water partition coefficient (Wildman–Crippen LogP) is 3.72. The molecule has 2 N–H and O–H groups in total. The number of nitrogens with one attached hydrogen (secondary N) is 2. The van der Waals surface area contributed by atoms with Crippen molar-refractivity contribution in [2.75, 3.05) is 26.7 Å². The number of hydrogen-bond donors (Lipinski definition) is 2. The molecule has 0 atom stereocenters. The molecule has 0 aromatic heterocycles. The Morgan fingerprint density at radius 1 is 1.16 bits per heavy atom. The van der Waals surface area contributed by atoms with Crippen LogP contribution in [-0.4, -0.2) is 43.6 Å². The largest absolute Gasteiger partial charge is 0.416 e. The van der Waals surface area contributed by atoms with Crippen molar-refractivity contribution < 1.29 is 13.2 Å². The third-order valence-corrected chi connectivity index (χ3v) is 3.79. The summed E-state index contributed by atoms with van der Waals surface area (Å²) in [4.78, 5) is 6.45. The molecule has 144 valence electrons. The lowest BCUT2D eigenvalue weighted by Gasteiger charge is -2.25. The van der Waals surface area contributed by atoms with Gasteiger partial charge in [-0.25, -0.2) is 0 Å². The van der Waals surface area contributed by atoms with Gasteiger partial charge in [0.05, 0.1) is 5.56 Å². The number of nitrogens with zero attached hydrogens (tertiary/aromatic N) is 2. The first-order valence-electron chi connectivity index (χ1n) is 8.12. The molecule has 0 saturated carbocycles. The van der Waals surface area contributed by atoms with Gasteiger partial charge in [-0.1, -0.05) is 19.1 Å². The molecule has 0 aliphatic heterocycles. The predicted molar refractivity (Wildman–Crippen MR) is 107 cm³/mol. The number of benzene rings is 1. The third kappa shape index (κ3) is 8.75. The van der Waals surface area contributed by atoms with E-state index in [9.17, 15) is 13.2 Å². The number of hydrogen-bond acceptors (Lipinski definition) is 2. The number of rotatable bonds is 7. The van der Waals surface area contributed by atoms with Crippen LogP contribution in [0.5, 0.6) is 0 Å². The van der Waals surface area contributed by atoms with E-state index in [1.807, 2.05) is 0 Å². The SMILES string of the molecule is CCN(CCNC(=NC)NCc1ccc(C(F)(F)F)cc1)C(C)C.I. The highest BCUT2D eigenvalue weighted by molar-refractivity contribution is 14.0. The number of alkyl halides is 3. The van der Waals surface area contributed by atoms with E-state index in [4.69, 9.17) is 0 Å². The second-order valence-corrected chi connectivity index (χ2v) is 5.77. The molecule has 1 aromatic carbocycles. The van der Waals surface area contributed by atoms with E-state index >= 15 is 0 Å². The Balaban J connectivity index is 0.00000576. The van der Waals surface area contributed by atoms with Gasteiger partial charge in [-0.3, -0.25) is 9.89 Å². The van der Waals surface area contributed by atoms with E-state index in [2.05, 4.69) is 41.3 Å². The number of guanidine groups is 1. The third-order valence-electron chi connectivity index (χ3n) is 3.79. The lowest BCUT2D eigenvalue weighted by molar-refractivity contribution is -0.137. The molecule has 0 bridgehead atoms. The lowest BCUT2D eigenvalue weighted by Crippen LogP contribution is -2.42. The van der Waals surface area contributed by atoms with Crippen LogP contribution in [0.2, 0.25) is 0 Å². The Kier molecular flexibility index (Phi) is 11.1. The summed E-state index contributed by atoms with van der Waals surface area (Å²) in [6.07, 6.45) is -4.30. The summed E-state index contributed by atoms with van der Waals surface area (Å²) in [6, 6.07) is 5.62. The maximum Gasteiger partial charge on any atom is 0.416 e. The second kappa shape index (κ2) is 11.6. The molecule has 1 rings (SSSR count). The maximum atomic E-state index is 12.5. The summed E-state index contributed by atoms with van der Waals surface area (Å²) in [7, 11) is 1.67. The zero-order valence-corrected chi connectivity index (χ0v) is 17.5. The monoisotopic (exact) mass is 472 g/mol. The Hall–Kier alpha value is -1.03. The number of aliphatic imine (C=N–C) groups is 1. The molecule has 0 unspecified atom stereocenters. The summed E-state index contributed by atoms with van der Waals surface area (Å²) >= 11 is 0. The van der Waals surface area contributed by atoms with E-state index in [0.29, 0.717) is 18.5 Å². The van der Waals surface area contributed by atoms with Crippen LogP contribution in [-0.2, 0) is 12.7 Å². The van der Waals surface area contributed by atoms with E-state index in [1.165, 1.54) is 12.1 Å². The first kappa shape index (κ1) is 24.0. The first-order chi connectivity index (χ1) is 11.3. The van der Waals surface area contributed by atoms with E-state index in [0.717, 1.165) is 37.3 Å². The average Bonchev–Trinajstić information content (AvgIpc) is 2.53. The van der Waals surface area contributed by atoms with Crippen LogP contribution in [0.25, 0.3) is 0 Å². The number of halogens is 4. The molecule has 0 radical (unpaired) electrons. The highest BCUT2D eigenvalue weighted by Gasteiger charge is 2.29. The average molecular weight is 472 g/mol.